The number of hydrogen-bond donors (Lipinski definition) is 1. The molecule has 1 atom stereocenters. The molecule has 0 saturated carbocycles. The summed E-state index contributed by atoms with van der Waals surface area (Å²) in [6, 6.07) is 7.26. The van der Waals surface area contributed by atoms with Gasteiger partial charge in [-0.2, -0.15) is 0 Å². The molecule has 0 fully saturated rings. The molecule has 0 aliphatic carbocycles. The predicted molar refractivity (Wildman–Crippen MR) is 85.4 cm³/mol. The van der Waals surface area contributed by atoms with Crippen LogP contribution in [0.5, 0.6) is 0 Å². The number of methoxy groups -OCH3 is 1. The maximum absolute atomic E-state index is 12.6. The van der Waals surface area contributed by atoms with Crippen LogP contribution in [-0.2, 0) is 23.1 Å². The monoisotopic (exact) mass is 343 g/mol. The molecule has 8 heteroatoms. The lowest BCUT2D eigenvalue weighted by Gasteiger charge is -2.22. The lowest BCUT2D eigenvalue weighted by molar-refractivity contribution is -0.142. The molecule has 23 heavy (non-hydrogen) atoms. The van der Waals surface area contributed by atoms with Crippen molar-refractivity contribution in [3.05, 3.63) is 35.9 Å². The third-order valence-corrected chi connectivity index (χ3v) is 5.00. The van der Waals surface area contributed by atoms with Gasteiger partial charge in [0.2, 0.25) is 0 Å². The first-order valence-corrected chi connectivity index (χ1v) is 9.00. The Morgan fingerprint density at radius 2 is 1.70 bits per heavy atom. The van der Waals surface area contributed by atoms with Crippen molar-refractivity contribution in [1.29, 1.82) is 0 Å². The number of carbonyl (C=O) groups is 2. The Morgan fingerprint density at radius 1 is 1.13 bits per heavy atom. The summed E-state index contributed by atoms with van der Waals surface area (Å²) in [7, 11) is -2.32. The van der Waals surface area contributed by atoms with Gasteiger partial charge in [-0.25, -0.2) is 4.79 Å². The molecule has 0 saturated heterocycles. The second-order valence-corrected chi connectivity index (χ2v) is 6.65. The lowest BCUT2D eigenvalue weighted by Crippen LogP contribution is -2.44. The summed E-state index contributed by atoms with van der Waals surface area (Å²) in [4.78, 5) is 24.1. The van der Waals surface area contributed by atoms with Gasteiger partial charge in [0.25, 0.3) is 5.91 Å². The molecule has 7 nitrogen and oxygen atoms in total. The molecule has 0 heterocycles. The molecule has 128 valence electrons. The maximum atomic E-state index is 12.6. The summed E-state index contributed by atoms with van der Waals surface area (Å²) in [5.74, 6) is -1.19. The number of nitrogens with one attached hydrogen (secondary N) is 1. The average molecular weight is 343 g/mol. The molecule has 1 rings (SSSR count). The highest BCUT2D eigenvalue weighted by Crippen LogP contribution is 2.48. The van der Waals surface area contributed by atoms with E-state index >= 15 is 0 Å². The van der Waals surface area contributed by atoms with Crippen molar-refractivity contribution in [3.8, 4) is 0 Å². The highest BCUT2D eigenvalue weighted by atomic mass is 31.2. The van der Waals surface area contributed by atoms with Gasteiger partial charge < -0.3 is 19.1 Å². The molecule has 1 aromatic carbocycles. The van der Waals surface area contributed by atoms with E-state index < -0.39 is 25.5 Å². The number of amides is 1. The first kappa shape index (κ1) is 19.4. The van der Waals surface area contributed by atoms with Gasteiger partial charge in [0.15, 0.2) is 0 Å². The predicted octanol–water partition coefficient (Wildman–Crippen LogP) is 2.22. The number of ether oxygens (including phenoxy) is 1. The molecule has 0 radical (unpaired) electrons. The van der Waals surface area contributed by atoms with Gasteiger partial charge >= 0.3 is 13.6 Å². The van der Waals surface area contributed by atoms with Gasteiger partial charge in [-0.05, 0) is 26.0 Å². The molecule has 1 amide bonds. The molecule has 1 N–H and O–H groups in total. The van der Waals surface area contributed by atoms with Gasteiger partial charge in [0.1, 0.15) is 6.04 Å². The molecule has 1 aromatic rings. The lowest BCUT2D eigenvalue weighted by atomic mass is 10.2. The Bertz CT molecular complexity index is 552. The van der Waals surface area contributed by atoms with Crippen LogP contribution in [0.4, 0.5) is 0 Å². The van der Waals surface area contributed by atoms with Crippen LogP contribution in [0.2, 0.25) is 0 Å². The van der Waals surface area contributed by atoms with E-state index in [0.717, 1.165) is 0 Å². The van der Waals surface area contributed by atoms with Crippen molar-refractivity contribution < 1.29 is 27.9 Å². The summed E-state index contributed by atoms with van der Waals surface area (Å²) in [6.45, 7) is 3.67. The van der Waals surface area contributed by atoms with Gasteiger partial charge in [-0.15, -0.1) is 0 Å². The largest absolute Gasteiger partial charge is 0.467 e. The minimum Gasteiger partial charge on any atom is -0.467 e. The van der Waals surface area contributed by atoms with Gasteiger partial charge in [0.05, 0.1) is 26.5 Å². The Hall–Kier alpha value is -1.69. The van der Waals surface area contributed by atoms with Crippen molar-refractivity contribution in [2.24, 2.45) is 0 Å². The average Bonchev–Trinajstić information content (AvgIpc) is 2.54. The summed E-state index contributed by atoms with van der Waals surface area (Å²) in [6.07, 6.45) is -0.292. The third-order valence-electron chi connectivity index (χ3n) is 2.88. The van der Waals surface area contributed by atoms with E-state index in [0.29, 0.717) is 5.56 Å². The van der Waals surface area contributed by atoms with Crippen LogP contribution in [0.25, 0.3) is 0 Å². The van der Waals surface area contributed by atoms with Crippen LogP contribution >= 0.6 is 7.60 Å². The maximum Gasteiger partial charge on any atom is 0.333 e. The number of hydrogen-bond acceptors (Lipinski definition) is 6. The van der Waals surface area contributed by atoms with Crippen molar-refractivity contribution in [2.75, 3.05) is 26.5 Å². The number of benzene rings is 1. The van der Waals surface area contributed by atoms with E-state index in [-0.39, 0.29) is 19.4 Å². The van der Waals surface area contributed by atoms with Crippen LogP contribution < -0.4 is 5.32 Å². The van der Waals surface area contributed by atoms with Crippen LogP contribution in [0.1, 0.15) is 24.2 Å². The smallest absolute Gasteiger partial charge is 0.333 e. The Kier molecular flexibility index (Phi) is 7.95. The van der Waals surface area contributed by atoms with Crippen molar-refractivity contribution in [1.82, 2.24) is 5.32 Å². The number of esters is 1. The SMILES string of the molecule is CCOP(=O)(C[C@H](NC(=O)c1ccccc1)C(=O)OC)OCC. The van der Waals surface area contributed by atoms with Gasteiger partial charge in [-0.1, -0.05) is 18.2 Å². The fraction of sp³-hybridized carbons (Fsp3) is 0.467. The van der Waals surface area contributed by atoms with Gasteiger partial charge in [-0.3, -0.25) is 9.36 Å². The first-order valence-electron chi connectivity index (χ1n) is 7.27. The highest BCUT2D eigenvalue weighted by molar-refractivity contribution is 7.54. The summed E-state index contributed by atoms with van der Waals surface area (Å²) >= 11 is 0. The van der Waals surface area contributed by atoms with Crippen LogP contribution in [0, 0.1) is 0 Å². The van der Waals surface area contributed by atoms with E-state index in [9.17, 15) is 14.2 Å². The Labute approximate surface area is 135 Å². The second kappa shape index (κ2) is 9.45. The quantitative estimate of drug-likeness (QED) is 0.546. The van der Waals surface area contributed by atoms with Crippen molar-refractivity contribution in [3.63, 3.8) is 0 Å². The van der Waals surface area contributed by atoms with E-state index in [1.54, 1.807) is 44.2 Å². The molecule has 0 unspecified atom stereocenters. The van der Waals surface area contributed by atoms with E-state index in [1.165, 1.54) is 7.11 Å². The second-order valence-electron chi connectivity index (χ2n) is 4.54. The molecule has 0 aliphatic heterocycles. The first-order chi connectivity index (χ1) is 11.0. The molecule has 0 aliphatic rings. The van der Waals surface area contributed by atoms with E-state index in [2.05, 4.69) is 10.1 Å². The molecule has 0 bridgehead atoms. The van der Waals surface area contributed by atoms with Crippen LogP contribution in [0.3, 0.4) is 0 Å². The van der Waals surface area contributed by atoms with E-state index in [4.69, 9.17) is 9.05 Å². The minimum absolute atomic E-state index is 0.164. The molecular formula is C15H22NO6P. The topological polar surface area (TPSA) is 90.9 Å². The zero-order valence-corrected chi connectivity index (χ0v) is 14.4. The summed E-state index contributed by atoms with van der Waals surface area (Å²) < 4.78 is 27.5. The van der Waals surface area contributed by atoms with Gasteiger partial charge in [0, 0.05) is 5.56 Å². The zero-order chi connectivity index (χ0) is 17.3. The molecule has 0 aromatic heterocycles. The fourth-order valence-electron chi connectivity index (χ4n) is 1.91. The number of rotatable bonds is 9. The van der Waals surface area contributed by atoms with E-state index in [1.807, 2.05) is 0 Å². The fourth-order valence-corrected chi connectivity index (χ4v) is 3.67. The Balaban J connectivity index is 2.90. The number of carbonyl (C=O) groups excluding carboxylic acids is 2. The molecular weight excluding hydrogens is 321 g/mol. The van der Waals surface area contributed by atoms with Crippen molar-refractivity contribution >= 4 is 19.5 Å². The van der Waals surface area contributed by atoms with Crippen LogP contribution in [0.15, 0.2) is 30.3 Å². The van der Waals surface area contributed by atoms with Crippen LogP contribution in [-0.4, -0.2) is 44.4 Å². The third kappa shape index (κ3) is 6.14. The Morgan fingerprint density at radius 3 is 2.17 bits per heavy atom. The van der Waals surface area contributed by atoms with Crippen molar-refractivity contribution in [2.45, 2.75) is 19.9 Å². The standard InChI is InChI=1S/C15H22NO6P/c1-4-21-23(19,22-5-2)11-13(15(18)20-3)16-14(17)12-9-7-6-8-10-12/h6-10,13H,4-5,11H2,1-3H3,(H,16,17)/t13-/m0/s1. The summed E-state index contributed by atoms with van der Waals surface area (Å²) in [5.41, 5.74) is 0.379. The minimum atomic E-state index is -3.51. The summed E-state index contributed by atoms with van der Waals surface area (Å²) in [5, 5.41) is 2.51. The zero-order valence-electron chi connectivity index (χ0n) is 13.5. The highest BCUT2D eigenvalue weighted by Gasteiger charge is 2.34. The molecule has 0 spiro atoms. The normalized spacial score (nSPS) is 12.5.